The Morgan fingerprint density at radius 2 is 1.81 bits per heavy atom. The topological polar surface area (TPSA) is 81.4 Å². The predicted molar refractivity (Wildman–Crippen MR) is 68.3 cm³/mol. The summed E-state index contributed by atoms with van der Waals surface area (Å²) >= 11 is 0. The van der Waals surface area contributed by atoms with Crippen LogP contribution in [-0.2, 0) is 16.0 Å². The summed E-state index contributed by atoms with van der Waals surface area (Å²) in [5, 5.41) is 2.58. The number of nitrogens with one attached hydrogen (secondary N) is 1. The lowest BCUT2D eigenvalue weighted by Gasteiger charge is -2.09. The molecular formula is C13H15F3N2O3. The first-order valence-electron chi connectivity index (χ1n) is 6.16. The molecule has 0 aromatic heterocycles. The summed E-state index contributed by atoms with van der Waals surface area (Å²) in [6, 6.07) is 5.04. The number of ether oxygens (including phenoxy) is 1. The molecule has 0 aliphatic carbocycles. The van der Waals surface area contributed by atoms with Crippen molar-refractivity contribution in [2.75, 3.05) is 6.54 Å². The summed E-state index contributed by atoms with van der Waals surface area (Å²) in [5.41, 5.74) is 5.50. The van der Waals surface area contributed by atoms with Gasteiger partial charge in [-0.25, -0.2) is 0 Å². The quantitative estimate of drug-likeness (QED) is 0.749. The van der Waals surface area contributed by atoms with Gasteiger partial charge in [0.15, 0.2) is 0 Å². The van der Waals surface area contributed by atoms with Gasteiger partial charge in [-0.2, -0.15) is 0 Å². The molecule has 0 unspecified atom stereocenters. The third-order valence-electron chi connectivity index (χ3n) is 2.44. The number of carbonyl (C=O) groups is 2. The number of alkyl halides is 3. The summed E-state index contributed by atoms with van der Waals surface area (Å²) < 4.78 is 39.6. The van der Waals surface area contributed by atoms with Gasteiger partial charge < -0.3 is 15.8 Å². The summed E-state index contributed by atoms with van der Waals surface area (Å²) in [6.45, 7) is 0.317. The van der Waals surface area contributed by atoms with Crippen LogP contribution in [0.5, 0.6) is 5.75 Å². The average Bonchev–Trinajstić information content (AvgIpc) is 2.35. The fourth-order valence-corrected chi connectivity index (χ4v) is 1.55. The van der Waals surface area contributed by atoms with Gasteiger partial charge in [0.2, 0.25) is 11.8 Å². The van der Waals surface area contributed by atoms with Gasteiger partial charge >= 0.3 is 6.36 Å². The summed E-state index contributed by atoms with van der Waals surface area (Å²) in [5.74, 6) is -1.07. The predicted octanol–water partition coefficient (Wildman–Crippen LogP) is 1.51. The van der Waals surface area contributed by atoms with Gasteiger partial charge in [0.25, 0.3) is 0 Å². The van der Waals surface area contributed by atoms with Crippen molar-refractivity contribution in [1.29, 1.82) is 0 Å². The van der Waals surface area contributed by atoms with E-state index in [2.05, 4.69) is 10.1 Å². The maximum atomic E-state index is 12.0. The molecule has 0 bridgehead atoms. The van der Waals surface area contributed by atoms with E-state index in [0.717, 1.165) is 12.1 Å². The smallest absolute Gasteiger partial charge is 0.406 e. The molecule has 0 fully saturated rings. The molecule has 116 valence electrons. The van der Waals surface area contributed by atoms with Crippen LogP contribution < -0.4 is 15.8 Å². The van der Waals surface area contributed by atoms with Crippen LogP contribution >= 0.6 is 0 Å². The van der Waals surface area contributed by atoms with E-state index in [-0.39, 0.29) is 24.5 Å². The Bertz CT molecular complexity index is 486. The van der Waals surface area contributed by atoms with Crippen LogP contribution in [0.4, 0.5) is 13.2 Å². The van der Waals surface area contributed by atoms with Crippen LogP contribution in [0, 0.1) is 0 Å². The minimum atomic E-state index is -4.74. The zero-order valence-electron chi connectivity index (χ0n) is 11.1. The first kappa shape index (κ1) is 16.8. The zero-order chi connectivity index (χ0) is 15.9. The second-order valence-corrected chi connectivity index (χ2v) is 4.29. The molecule has 0 atom stereocenters. The molecule has 0 saturated heterocycles. The lowest BCUT2D eigenvalue weighted by Crippen LogP contribution is -2.27. The first-order chi connectivity index (χ1) is 9.76. The minimum Gasteiger partial charge on any atom is -0.406 e. The Morgan fingerprint density at radius 3 is 2.33 bits per heavy atom. The molecule has 0 saturated carbocycles. The largest absolute Gasteiger partial charge is 0.573 e. The number of nitrogens with two attached hydrogens (primary N) is 1. The van der Waals surface area contributed by atoms with Gasteiger partial charge in [-0.3, -0.25) is 9.59 Å². The lowest BCUT2D eigenvalue weighted by atomic mass is 10.1. The number of benzene rings is 1. The van der Waals surface area contributed by atoms with Crippen molar-refractivity contribution in [1.82, 2.24) is 5.32 Å². The monoisotopic (exact) mass is 304 g/mol. The van der Waals surface area contributed by atoms with Crippen LogP contribution in [0.2, 0.25) is 0 Å². The highest BCUT2D eigenvalue weighted by atomic mass is 19.4. The molecule has 21 heavy (non-hydrogen) atoms. The van der Waals surface area contributed by atoms with Crippen LogP contribution in [0.3, 0.4) is 0 Å². The van der Waals surface area contributed by atoms with Crippen molar-refractivity contribution in [2.45, 2.75) is 25.6 Å². The maximum Gasteiger partial charge on any atom is 0.573 e. The molecule has 0 spiro atoms. The van der Waals surface area contributed by atoms with E-state index >= 15 is 0 Å². The SMILES string of the molecule is NC(=O)CCCNC(=O)Cc1ccc(OC(F)(F)F)cc1. The van der Waals surface area contributed by atoms with Gasteiger partial charge in [0, 0.05) is 13.0 Å². The minimum absolute atomic E-state index is 0.0306. The summed E-state index contributed by atoms with van der Waals surface area (Å²) in [4.78, 5) is 22.0. The number of primary amides is 1. The van der Waals surface area contributed by atoms with Crippen LogP contribution in [0.15, 0.2) is 24.3 Å². The average molecular weight is 304 g/mol. The summed E-state index contributed by atoms with van der Waals surface area (Å²) in [6.07, 6.45) is -4.08. The normalized spacial score (nSPS) is 11.0. The number of hydrogen-bond donors (Lipinski definition) is 2. The Morgan fingerprint density at radius 1 is 1.19 bits per heavy atom. The highest BCUT2D eigenvalue weighted by molar-refractivity contribution is 5.78. The molecule has 0 aliphatic heterocycles. The molecule has 5 nitrogen and oxygen atoms in total. The molecule has 1 aromatic carbocycles. The number of amides is 2. The van der Waals surface area contributed by atoms with Gasteiger partial charge in [0.1, 0.15) is 5.75 Å². The molecule has 1 aromatic rings. The molecule has 8 heteroatoms. The van der Waals surface area contributed by atoms with Crippen LogP contribution in [-0.4, -0.2) is 24.7 Å². The molecule has 0 aliphatic rings. The number of carbonyl (C=O) groups excluding carboxylic acids is 2. The van der Waals surface area contributed by atoms with E-state index in [0.29, 0.717) is 18.5 Å². The van der Waals surface area contributed by atoms with Crippen molar-refractivity contribution >= 4 is 11.8 Å². The Hall–Kier alpha value is -2.25. The van der Waals surface area contributed by atoms with Gasteiger partial charge in [-0.05, 0) is 24.1 Å². The highest BCUT2D eigenvalue weighted by Crippen LogP contribution is 2.22. The van der Waals surface area contributed by atoms with E-state index in [1.807, 2.05) is 0 Å². The molecule has 3 N–H and O–H groups in total. The standard InChI is InChI=1S/C13H15F3N2O3/c14-13(15,16)21-10-5-3-9(4-6-10)8-12(20)18-7-1-2-11(17)19/h3-6H,1-2,7-8H2,(H2,17,19)(H,18,20). The fourth-order valence-electron chi connectivity index (χ4n) is 1.55. The van der Waals surface area contributed by atoms with Crippen molar-refractivity contribution in [3.05, 3.63) is 29.8 Å². The van der Waals surface area contributed by atoms with Gasteiger partial charge in [0.05, 0.1) is 6.42 Å². The van der Waals surface area contributed by atoms with E-state index in [9.17, 15) is 22.8 Å². The second-order valence-electron chi connectivity index (χ2n) is 4.29. The molecule has 2 amide bonds. The number of halogens is 3. The maximum absolute atomic E-state index is 12.0. The van der Waals surface area contributed by atoms with Crippen LogP contribution in [0.1, 0.15) is 18.4 Å². The van der Waals surface area contributed by atoms with Gasteiger partial charge in [-0.15, -0.1) is 13.2 Å². The first-order valence-corrected chi connectivity index (χ1v) is 6.16. The molecular weight excluding hydrogens is 289 g/mol. The van der Waals surface area contributed by atoms with E-state index in [1.54, 1.807) is 0 Å². The van der Waals surface area contributed by atoms with Crippen molar-refractivity contribution in [3.63, 3.8) is 0 Å². The third-order valence-corrected chi connectivity index (χ3v) is 2.44. The Labute approximate surface area is 119 Å². The van der Waals surface area contributed by atoms with Crippen molar-refractivity contribution < 1.29 is 27.5 Å². The molecule has 1 rings (SSSR count). The van der Waals surface area contributed by atoms with E-state index in [4.69, 9.17) is 5.73 Å². The lowest BCUT2D eigenvalue weighted by molar-refractivity contribution is -0.274. The van der Waals surface area contributed by atoms with Crippen LogP contribution in [0.25, 0.3) is 0 Å². The highest BCUT2D eigenvalue weighted by Gasteiger charge is 2.30. The molecule has 0 heterocycles. The van der Waals surface area contributed by atoms with Crippen molar-refractivity contribution in [2.24, 2.45) is 5.73 Å². The second kappa shape index (κ2) is 7.51. The third kappa shape index (κ3) is 7.81. The Balaban J connectivity index is 2.37. The Kier molecular flexibility index (Phi) is 6.01. The van der Waals surface area contributed by atoms with E-state index < -0.39 is 12.3 Å². The van der Waals surface area contributed by atoms with Gasteiger partial charge in [-0.1, -0.05) is 12.1 Å². The van der Waals surface area contributed by atoms with Crippen molar-refractivity contribution in [3.8, 4) is 5.75 Å². The summed E-state index contributed by atoms with van der Waals surface area (Å²) in [7, 11) is 0. The van der Waals surface area contributed by atoms with E-state index in [1.165, 1.54) is 12.1 Å². The molecule has 0 radical (unpaired) electrons. The number of rotatable bonds is 7. The number of hydrogen-bond acceptors (Lipinski definition) is 3. The zero-order valence-corrected chi connectivity index (χ0v) is 11.1. The fraction of sp³-hybridized carbons (Fsp3) is 0.385.